The predicted octanol–water partition coefficient (Wildman–Crippen LogP) is 2.92. The second kappa shape index (κ2) is 3.84. The van der Waals surface area contributed by atoms with Gasteiger partial charge in [-0.3, -0.25) is 0 Å². The Hall–Kier alpha value is -1.28. The van der Waals surface area contributed by atoms with Crippen LogP contribution in [0.25, 0.3) is 5.69 Å². The quantitative estimate of drug-likeness (QED) is 0.691. The van der Waals surface area contributed by atoms with Crippen LogP contribution < -0.4 is 0 Å². The molecule has 0 aliphatic carbocycles. The first kappa shape index (κ1) is 9.28. The first-order chi connectivity index (χ1) is 6.81. The van der Waals surface area contributed by atoms with E-state index in [1.807, 2.05) is 16.8 Å². The van der Waals surface area contributed by atoms with Crippen molar-refractivity contribution in [2.75, 3.05) is 0 Å². The van der Waals surface area contributed by atoms with Gasteiger partial charge < -0.3 is 4.57 Å². The first-order valence-electron chi connectivity index (χ1n) is 4.45. The molecule has 0 aliphatic heterocycles. The molecule has 0 N–H and O–H groups in total. The minimum absolute atomic E-state index is 0.561. The number of aromatic nitrogens is 2. The molecule has 0 amide bonds. The maximum absolute atomic E-state index is 5.76. The molecule has 0 fully saturated rings. The van der Waals surface area contributed by atoms with Crippen LogP contribution in [-0.2, 0) is 5.88 Å². The summed E-state index contributed by atoms with van der Waals surface area (Å²) in [6.45, 7) is 2.07. The number of rotatable bonds is 2. The van der Waals surface area contributed by atoms with Gasteiger partial charge in [0.05, 0.1) is 6.33 Å². The summed E-state index contributed by atoms with van der Waals surface area (Å²) in [6, 6.07) is 6.20. The van der Waals surface area contributed by atoms with E-state index in [4.69, 9.17) is 11.6 Å². The monoisotopic (exact) mass is 206 g/mol. The van der Waals surface area contributed by atoms with Gasteiger partial charge in [0, 0.05) is 24.0 Å². The van der Waals surface area contributed by atoms with E-state index in [1.54, 1.807) is 12.5 Å². The van der Waals surface area contributed by atoms with Crippen LogP contribution in [0.15, 0.2) is 36.9 Å². The van der Waals surface area contributed by atoms with Crippen molar-refractivity contribution in [1.29, 1.82) is 0 Å². The molecule has 1 heterocycles. The van der Waals surface area contributed by atoms with Gasteiger partial charge in [0.2, 0.25) is 0 Å². The highest BCUT2D eigenvalue weighted by Crippen LogP contribution is 2.16. The Morgan fingerprint density at radius 2 is 2.29 bits per heavy atom. The molecule has 1 aromatic carbocycles. The molecule has 2 aromatic rings. The first-order valence-corrected chi connectivity index (χ1v) is 4.98. The number of halogens is 1. The Morgan fingerprint density at radius 3 is 2.86 bits per heavy atom. The van der Waals surface area contributed by atoms with E-state index in [1.165, 1.54) is 5.56 Å². The van der Waals surface area contributed by atoms with Gasteiger partial charge in [-0.05, 0) is 24.1 Å². The molecule has 2 rings (SSSR count). The molecular weight excluding hydrogens is 196 g/mol. The fourth-order valence-electron chi connectivity index (χ4n) is 1.49. The SMILES string of the molecule is Cc1cc(CCl)ccc1-n1ccnc1. The van der Waals surface area contributed by atoms with E-state index in [2.05, 4.69) is 24.0 Å². The third kappa shape index (κ3) is 1.66. The van der Waals surface area contributed by atoms with Crippen LogP contribution >= 0.6 is 11.6 Å². The Morgan fingerprint density at radius 1 is 1.43 bits per heavy atom. The largest absolute Gasteiger partial charge is 0.306 e. The summed E-state index contributed by atoms with van der Waals surface area (Å²) in [5.41, 5.74) is 3.51. The highest BCUT2D eigenvalue weighted by Gasteiger charge is 2.00. The standard InChI is InChI=1S/C11H11ClN2/c1-9-6-10(7-12)2-3-11(9)14-5-4-13-8-14/h2-6,8H,7H2,1H3. The summed E-state index contributed by atoms with van der Waals surface area (Å²) in [5, 5.41) is 0. The lowest BCUT2D eigenvalue weighted by molar-refractivity contribution is 1.04. The molecule has 0 aliphatic rings. The van der Waals surface area contributed by atoms with Crippen LogP contribution in [0.5, 0.6) is 0 Å². The Labute approximate surface area is 88.2 Å². The molecule has 0 saturated heterocycles. The average molecular weight is 207 g/mol. The second-order valence-corrected chi connectivity index (χ2v) is 3.49. The van der Waals surface area contributed by atoms with E-state index in [-0.39, 0.29) is 0 Å². The van der Waals surface area contributed by atoms with Crippen LogP contribution in [0.4, 0.5) is 0 Å². The summed E-state index contributed by atoms with van der Waals surface area (Å²) >= 11 is 5.76. The van der Waals surface area contributed by atoms with Crippen molar-refractivity contribution in [3.63, 3.8) is 0 Å². The molecule has 3 heteroatoms. The number of hydrogen-bond acceptors (Lipinski definition) is 1. The predicted molar refractivity (Wildman–Crippen MR) is 57.9 cm³/mol. The Kier molecular flexibility index (Phi) is 2.55. The smallest absolute Gasteiger partial charge is 0.0991 e. The van der Waals surface area contributed by atoms with Gasteiger partial charge in [-0.1, -0.05) is 12.1 Å². The average Bonchev–Trinajstić information content (AvgIpc) is 2.70. The summed E-state index contributed by atoms with van der Waals surface area (Å²) in [7, 11) is 0. The molecule has 14 heavy (non-hydrogen) atoms. The van der Waals surface area contributed by atoms with E-state index < -0.39 is 0 Å². The van der Waals surface area contributed by atoms with Gasteiger partial charge in [-0.25, -0.2) is 4.98 Å². The van der Waals surface area contributed by atoms with Crippen molar-refractivity contribution in [2.24, 2.45) is 0 Å². The van der Waals surface area contributed by atoms with Gasteiger partial charge >= 0.3 is 0 Å². The summed E-state index contributed by atoms with van der Waals surface area (Å²) in [5.74, 6) is 0.561. The van der Waals surface area contributed by atoms with E-state index in [9.17, 15) is 0 Å². The van der Waals surface area contributed by atoms with Crippen LogP contribution in [0, 0.1) is 6.92 Å². The van der Waals surface area contributed by atoms with Gasteiger partial charge in [0.25, 0.3) is 0 Å². The number of aryl methyl sites for hydroxylation is 1. The fourth-order valence-corrected chi connectivity index (χ4v) is 1.66. The van der Waals surface area contributed by atoms with Crippen molar-refractivity contribution < 1.29 is 0 Å². The normalized spacial score (nSPS) is 10.4. The van der Waals surface area contributed by atoms with Crippen LogP contribution in [0.1, 0.15) is 11.1 Å². The van der Waals surface area contributed by atoms with Gasteiger partial charge in [-0.2, -0.15) is 0 Å². The number of imidazole rings is 1. The van der Waals surface area contributed by atoms with Crippen molar-refractivity contribution in [3.8, 4) is 5.69 Å². The highest BCUT2D eigenvalue weighted by molar-refractivity contribution is 6.17. The van der Waals surface area contributed by atoms with Gasteiger partial charge in [-0.15, -0.1) is 11.6 Å². The molecule has 0 spiro atoms. The fraction of sp³-hybridized carbons (Fsp3) is 0.182. The minimum atomic E-state index is 0.561. The summed E-state index contributed by atoms with van der Waals surface area (Å²) in [4.78, 5) is 4.02. The van der Waals surface area contributed by atoms with Crippen LogP contribution in [0.2, 0.25) is 0 Å². The maximum atomic E-state index is 5.76. The Balaban J connectivity index is 2.46. The third-order valence-corrected chi connectivity index (χ3v) is 2.51. The molecular formula is C11H11ClN2. The molecule has 0 saturated carbocycles. The second-order valence-electron chi connectivity index (χ2n) is 3.22. The van der Waals surface area contributed by atoms with Crippen molar-refractivity contribution in [1.82, 2.24) is 9.55 Å². The molecule has 0 bridgehead atoms. The third-order valence-electron chi connectivity index (χ3n) is 2.20. The topological polar surface area (TPSA) is 17.8 Å². The number of nitrogens with zero attached hydrogens (tertiary/aromatic N) is 2. The summed E-state index contributed by atoms with van der Waals surface area (Å²) in [6.07, 6.45) is 5.50. The van der Waals surface area contributed by atoms with Crippen LogP contribution in [0.3, 0.4) is 0 Å². The summed E-state index contributed by atoms with van der Waals surface area (Å²) < 4.78 is 1.99. The zero-order valence-corrected chi connectivity index (χ0v) is 8.70. The van der Waals surface area contributed by atoms with Crippen LogP contribution in [-0.4, -0.2) is 9.55 Å². The van der Waals surface area contributed by atoms with E-state index in [0.29, 0.717) is 5.88 Å². The van der Waals surface area contributed by atoms with E-state index in [0.717, 1.165) is 11.3 Å². The van der Waals surface area contributed by atoms with E-state index >= 15 is 0 Å². The lowest BCUT2D eigenvalue weighted by Crippen LogP contribution is -1.94. The maximum Gasteiger partial charge on any atom is 0.0991 e. The Bertz CT molecular complexity index is 421. The van der Waals surface area contributed by atoms with Crippen molar-refractivity contribution in [2.45, 2.75) is 12.8 Å². The number of hydrogen-bond donors (Lipinski definition) is 0. The molecule has 72 valence electrons. The molecule has 1 aromatic heterocycles. The highest BCUT2D eigenvalue weighted by atomic mass is 35.5. The lowest BCUT2D eigenvalue weighted by atomic mass is 10.1. The molecule has 0 atom stereocenters. The molecule has 0 radical (unpaired) electrons. The lowest BCUT2D eigenvalue weighted by Gasteiger charge is -2.07. The van der Waals surface area contributed by atoms with Crippen molar-refractivity contribution >= 4 is 11.6 Å². The molecule has 0 unspecified atom stereocenters. The molecule has 2 nitrogen and oxygen atoms in total. The zero-order chi connectivity index (χ0) is 9.97. The van der Waals surface area contributed by atoms with Gasteiger partial charge in [0.1, 0.15) is 0 Å². The van der Waals surface area contributed by atoms with Gasteiger partial charge in [0.15, 0.2) is 0 Å². The number of alkyl halides is 1. The minimum Gasteiger partial charge on any atom is -0.306 e. The van der Waals surface area contributed by atoms with Crippen molar-refractivity contribution in [3.05, 3.63) is 48.0 Å². The zero-order valence-electron chi connectivity index (χ0n) is 7.94. The number of benzene rings is 1.